The Kier molecular flexibility index (Phi) is 10.1. The van der Waals surface area contributed by atoms with Crippen LogP contribution >= 0.6 is 0 Å². The lowest BCUT2D eigenvalue weighted by molar-refractivity contribution is -0.140. The van der Waals surface area contributed by atoms with Crippen LogP contribution in [0.4, 0.5) is 0 Å². The van der Waals surface area contributed by atoms with Gasteiger partial charge in [0.1, 0.15) is 0 Å². The van der Waals surface area contributed by atoms with E-state index < -0.39 is 5.97 Å². The zero-order valence-electron chi connectivity index (χ0n) is 16.9. The molecule has 1 aliphatic carbocycles. The highest BCUT2D eigenvalue weighted by molar-refractivity contribution is 5.68. The predicted molar refractivity (Wildman–Crippen MR) is 109 cm³/mol. The molecule has 1 saturated carbocycles. The average Bonchev–Trinajstić information content (AvgIpc) is 3.04. The van der Waals surface area contributed by atoms with Gasteiger partial charge in [-0.25, -0.2) is 0 Å². The summed E-state index contributed by atoms with van der Waals surface area (Å²) in [6.07, 6.45) is 7.43. The van der Waals surface area contributed by atoms with Crippen molar-refractivity contribution in [2.24, 2.45) is 11.8 Å². The van der Waals surface area contributed by atoms with Crippen molar-refractivity contribution in [3.8, 4) is 11.5 Å². The number of benzene rings is 1. The van der Waals surface area contributed by atoms with Gasteiger partial charge >= 0.3 is 5.97 Å². The molecule has 2 atom stereocenters. The Hall–Kier alpha value is -1.75. The van der Waals surface area contributed by atoms with Gasteiger partial charge in [0.25, 0.3) is 0 Å². The van der Waals surface area contributed by atoms with Gasteiger partial charge in [-0.1, -0.05) is 38.8 Å². The highest BCUT2D eigenvalue weighted by Crippen LogP contribution is 2.34. The van der Waals surface area contributed by atoms with Crippen LogP contribution in [0, 0.1) is 11.8 Å². The first kappa shape index (κ1) is 22.3. The second kappa shape index (κ2) is 11.8. The van der Waals surface area contributed by atoms with E-state index >= 15 is 0 Å². The van der Waals surface area contributed by atoms with E-state index in [0.29, 0.717) is 0 Å². The first-order valence-electron chi connectivity index (χ1n) is 9.50. The number of aliphatic carboxylic acids is 1. The molecule has 0 bridgehead atoms. The molecule has 1 heterocycles. The summed E-state index contributed by atoms with van der Waals surface area (Å²) in [5.74, 6) is 1.63. The standard InChI is InChI=1S/C9H17N.C8H10O2.C4H8O2.2H2/c1-10-7-6-8-4-2-3-5-9(8)10;1-9-7-5-3-4-6-8(7)10-2;1-3(2)4(5)6;;/h8-9H,2-7H2,1H3;3-6H,1-2H3;3H,1-2H3,(H,5,6);2*1H. The molecule has 2 fully saturated rings. The number of likely N-dealkylation sites (tertiary alicyclic amines) is 1. The van der Waals surface area contributed by atoms with Crippen LogP contribution in [0.15, 0.2) is 24.3 Å². The minimum absolute atomic E-state index is 0. The van der Waals surface area contributed by atoms with Crippen LogP contribution in [0.1, 0.15) is 48.8 Å². The van der Waals surface area contributed by atoms with Crippen LogP contribution < -0.4 is 9.47 Å². The van der Waals surface area contributed by atoms with Gasteiger partial charge in [-0.05, 0) is 50.9 Å². The highest BCUT2D eigenvalue weighted by atomic mass is 16.5. The van der Waals surface area contributed by atoms with Crippen molar-refractivity contribution >= 4 is 5.97 Å². The third kappa shape index (κ3) is 7.24. The summed E-state index contributed by atoms with van der Waals surface area (Å²) in [5, 5.41) is 7.99. The number of ether oxygens (including phenoxy) is 2. The van der Waals surface area contributed by atoms with Crippen LogP contribution in [0.5, 0.6) is 11.5 Å². The molecule has 1 saturated heterocycles. The van der Waals surface area contributed by atoms with Gasteiger partial charge in [0.15, 0.2) is 11.5 Å². The molecule has 0 aromatic heterocycles. The van der Waals surface area contributed by atoms with Gasteiger partial charge in [-0.15, -0.1) is 0 Å². The van der Waals surface area contributed by atoms with Gasteiger partial charge < -0.3 is 19.5 Å². The number of rotatable bonds is 3. The van der Waals surface area contributed by atoms with E-state index in [1.165, 1.54) is 38.6 Å². The van der Waals surface area contributed by atoms with Crippen LogP contribution in [-0.2, 0) is 4.79 Å². The molecule has 0 spiro atoms. The molecular weight excluding hydrogens is 330 g/mol. The Morgan fingerprint density at radius 1 is 1.12 bits per heavy atom. The summed E-state index contributed by atoms with van der Waals surface area (Å²) in [6, 6.07) is 8.49. The lowest BCUT2D eigenvalue weighted by Gasteiger charge is -2.28. The van der Waals surface area contributed by atoms with Crippen molar-refractivity contribution < 1.29 is 22.2 Å². The van der Waals surface area contributed by atoms with E-state index in [2.05, 4.69) is 11.9 Å². The topological polar surface area (TPSA) is 59.0 Å². The molecule has 0 radical (unpaired) electrons. The Bertz CT molecular complexity index is 518. The fourth-order valence-electron chi connectivity index (χ4n) is 3.43. The monoisotopic (exact) mass is 369 g/mol. The second-order valence-electron chi connectivity index (χ2n) is 7.23. The van der Waals surface area contributed by atoms with E-state index in [4.69, 9.17) is 14.6 Å². The van der Waals surface area contributed by atoms with Crippen LogP contribution in [0.25, 0.3) is 0 Å². The van der Waals surface area contributed by atoms with E-state index in [9.17, 15) is 4.79 Å². The van der Waals surface area contributed by atoms with Gasteiger partial charge in [0, 0.05) is 8.90 Å². The SMILES string of the molecule is CC(C)C(=O)O.CN1CCC2CCCCC21.COc1ccccc1OC.[HH].[HH]. The van der Waals surface area contributed by atoms with Crippen molar-refractivity contribution in [1.29, 1.82) is 0 Å². The lowest BCUT2D eigenvalue weighted by atomic mass is 9.85. The molecule has 5 heteroatoms. The van der Waals surface area contributed by atoms with Gasteiger partial charge in [-0.2, -0.15) is 0 Å². The van der Waals surface area contributed by atoms with Crippen molar-refractivity contribution in [2.45, 2.75) is 52.0 Å². The maximum atomic E-state index is 9.70. The molecule has 1 aromatic carbocycles. The Balaban J connectivity index is 0. The van der Waals surface area contributed by atoms with E-state index in [0.717, 1.165) is 23.5 Å². The highest BCUT2D eigenvalue weighted by Gasteiger charge is 2.32. The van der Waals surface area contributed by atoms with Crippen LogP contribution in [0.2, 0.25) is 0 Å². The van der Waals surface area contributed by atoms with Gasteiger partial charge in [0.05, 0.1) is 20.1 Å². The summed E-state index contributed by atoms with van der Waals surface area (Å²) in [5.41, 5.74) is 0. The number of carboxylic acids is 1. The molecule has 3 rings (SSSR count). The molecule has 1 aliphatic heterocycles. The number of nitrogens with zero attached hydrogens (tertiary/aromatic N) is 1. The molecule has 152 valence electrons. The van der Waals surface area contributed by atoms with Crippen molar-refractivity contribution in [2.75, 3.05) is 27.8 Å². The number of fused-ring (bicyclic) bond motifs is 1. The predicted octanol–water partition coefficient (Wildman–Crippen LogP) is 4.80. The Labute approximate surface area is 161 Å². The fraction of sp³-hybridized carbons (Fsp3) is 0.667. The third-order valence-corrected chi connectivity index (χ3v) is 5.07. The van der Waals surface area contributed by atoms with Crippen LogP contribution in [-0.4, -0.2) is 49.8 Å². The van der Waals surface area contributed by atoms with Crippen molar-refractivity contribution in [3.05, 3.63) is 24.3 Å². The molecular formula is C21H39NO4. The summed E-state index contributed by atoms with van der Waals surface area (Å²) < 4.78 is 10.0. The quantitative estimate of drug-likeness (QED) is 0.829. The van der Waals surface area contributed by atoms with Gasteiger partial charge in [-0.3, -0.25) is 4.79 Å². The number of hydrogen-bond acceptors (Lipinski definition) is 4. The number of carbonyl (C=O) groups is 1. The zero-order chi connectivity index (χ0) is 19.5. The van der Waals surface area contributed by atoms with E-state index in [1.807, 2.05) is 24.3 Å². The maximum absolute atomic E-state index is 9.70. The fourth-order valence-corrected chi connectivity index (χ4v) is 3.43. The normalized spacial score (nSPS) is 21.6. The van der Waals surface area contributed by atoms with Gasteiger partial charge in [0.2, 0.25) is 0 Å². The summed E-state index contributed by atoms with van der Waals surface area (Å²) in [6.45, 7) is 4.64. The number of hydrogen-bond donors (Lipinski definition) is 1. The second-order valence-corrected chi connectivity index (χ2v) is 7.23. The minimum atomic E-state index is -0.741. The number of carboxylic acid groups (broad SMARTS) is 1. The molecule has 2 unspecified atom stereocenters. The largest absolute Gasteiger partial charge is 0.493 e. The Morgan fingerprint density at radius 3 is 2.04 bits per heavy atom. The van der Waals surface area contributed by atoms with Crippen molar-refractivity contribution in [1.82, 2.24) is 4.90 Å². The molecule has 2 aliphatic rings. The molecule has 1 aromatic rings. The Morgan fingerprint density at radius 2 is 1.62 bits per heavy atom. The van der Waals surface area contributed by atoms with Crippen molar-refractivity contribution in [3.63, 3.8) is 0 Å². The smallest absolute Gasteiger partial charge is 0.305 e. The van der Waals surface area contributed by atoms with Crippen LogP contribution in [0.3, 0.4) is 0 Å². The molecule has 1 N–H and O–H groups in total. The average molecular weight is 370 g/mol. The van der Waals surface area contributed by atoms with E-state index in [-0.39, 0.29) is 8.77 Å². The number of para-hydroxylation sites is 2. The summed E-state index contributed by atoms with van der Waals surface area (Å²) >= 11 is 0. The zero-order valence-corrected chi connectivity index (χ0v) is 16.9. The minimum Gasteiger partial charge on any atom is -0.493 e. The summed E-state index contributed by atoms with van der Waals surface area (Å²) in [7, 11) is 5.53. The number of methoxy groups -OCH3 is 2. The molecule has 0 amide bonds. The third-order valence-electron chi connectivity index (χ3n) is 5.07. The summed E-state index contributed by atoms with van der Waals surface area (Å²) in [4.78, 5) is 12.3. The maximum Gasteiger partial charge on any atom is 0.305 e. The molecule has 5 nitrogen and oxygen atoms in total. The first-order valence-corrected chi connectivity index (χ1v) is 9.50. The van der Waals surface area contributed by atoms with E-state index in [1.54, 1.807) is 28.1 Å². The lowest BCUT2D eigenvalue weighted by Crippen LogP contribution is -2.31. The molecule has 26 heavy (non-hydrogen) atoms. The first-order chi connectivity index (χ1) is 12.4.